The molecule has 3 heteroatoms. The average Bonchev–Trinajstić information content (AvgIpc) is 2.28. The van der Waals surface area contributed by atoms with Gasteiger partial charge in [-0.15, -0.1) is 0 Å². The van der Waals surface area contributed by atoms with Crippen LogP contribution in [0.5, 0.6) is 0 Å². The molecule has 0 saturated carbocycles. The summed E-state index contributed by atoms with van der Waals surface area (Å²) >= 11 is 0. The van der Waals surface area contributed by atoms with E-state index >= 15 is 0 Å². The minimum atomic E-state index is 1.06. The van der Waals surface area contributed by atoms with E-state index in [0.29, 0.717) is 0 Å². The number of hydrogen-bond donors (Lipinski definition) is 1. The van der Waals surface area contributed by atoms with Gasteiger partial charge in [0.05, 0.1) is 11.7 Å². The van der Waals surface area contributed by atoms with E-state index < -0.39 is 0 Å². The minimum Gasteiger partial charge on any atom is -0.389 e. The molecule has 0 spiro atoms. The summed E-state index contributed by atoms with van der Waals surface area (Å²) in [5.41, 5.74) is 1.06. The van der Waals surface area contributed by atoms with Gasteiger partial charge in [-0.05, 0) is 12.1 Å². The number of nitrogens with zero attached hydrogens (tertiary/aromatic N) is 1. The van der Waals surface area contributed by atoms with Crippen molar-refractivity contribution in [2.75, 3.05) is 0 Å². The van der Waals surface area contributed by atoms with E-state index in [1.165, 1.54) is 0 Å². The normalized spacial score (nSPS) is 9.82. The zero-order valence-corrected chi connectivity index (χ0v) is 5.90. The number of H-pyrrole nitrogens is 1. The molecule has 0 aliphatic heterocycles. The Morgan fingerprint density at radius 1 is 1.27 bits per heavy atom. The van der Waals surface area contributed by atoms with Crippen LogP contribution in [-0.2, 0) is 0 Å². The quantitative estimate of drug-likeness (QED) is 0.608. The summed E-state index contributed by atoms with van der Waals surface area (Å²) in [5.74, 6) is 0. The van der Waals surface area contributed by atoms with Crippen molar-refractivity contribution in [1.29, 1.82) is 0 Å². The fourth-order valence-electron chi connectivity index (χ4n) is 0.957. The molecule has 56 valence electrons. The highest BCUT2D eigenvalue weighted by atomic mass is 16.4. The number of rotatable bonds is 0. The first-order valence-corrected chi connectivity index (χ1v) is 3.38. The third-order valence-electron chi connectivity index (χ3n) is 1.49. The van der Waals surface area contributed by atoms with Gasteiger partial charge in [0.25, 0.3) is 0 Å². The zero-order valence-electron chi connectivity index (χ0n) is 5.90. The Labute approximate surface area is 63.5 Å². The van der Waals surface area contributed by atoms with Crippen molar-refractivity contribution in [3.63, 3.8) is 0 Å². The van der Waals surface area contributed by atoms with Gasteiger partial charge in [-0.25, -0.2) is 5.16 Å². The molecule has 2 aromatic heterocycles. The van der Waals surface area contributed by atoms with Crippen LogP contribution in [0.4, 0.5) is 0 Å². The number of aromatic nitrogens is 2. The molecule has 0 aliphatic carbocycles. The van der Waals surface area contributed by atoms with Crippen molar-refractivity contribution in [2.24, 2.45) is 0 Å². The molecule has 11 heavy (non-hydrogen) atoms. The number of hydrogen-bond acceptors (Lipinski definition) is 1. The first kappa shape index (κ1) is 6.09. The Kier molecular flexibility index (Phi) is 1.41. The maximum absolute atomic E-state index is 4.87. The number of pyridine rings is 1. The Morgan fingerprint density at radius 3 is 3.27 bits per heavy atom. The second-order valence-electron chi connectivity index (χ2n) is 2.20. The van der Waals surface area contributed by atoms with Crippen LogP contribution in [0.15, 0.2) is 47.6 Å². The van der Waals surface area contributed by atoms with Crippen molar-refractivity contribution in [2.45, 2.75) is 0 Å². The largest absolute Gasteiger partial charge is 0.389 e. The lowest BCUT2D eigenvalue weighted by molar-refractivity contribution is 0.405. The molecule has 0 atom stereocenters. The van der Waals surface area contributed by atoms with Crippen LogP contribution in [0.3, 0.4) is 0 Å². The monoisotopic (exact) mass is 148 g/mol. The summed E-state index contributed by atoms with van der Waals surface area (Å²) in [6.45, 7) is 0. The fraction of sp³-hybridized carbons (Fsp3) is 0. The van der Waals surface area contributed by atoms with Crippen molar-refractivity contribution in [1.82, 2.24) is 9.56 Å². The van der Waals surface area contributed by atoms with E-state index in [2.05, 4.69) is 5.16 Å². The van der Waals surface area contributed by atoms with Gasteiger partial charge in [0.1, 0.15) is 6.26 Å². The van der Waals surface area contributed by atoms with Gasteiger partial charge >= 0.3 is 0 Å². The standard InChI is InChI=1S/C8H8N2O/c1-2-4-10-5-6-11-9-7-8(10)3-1/h1-7,9H. The van der Waals surface area contributed by atoms with Crippen LogP contribution >= 0.6 is 0 Å². The van der Waals surface area contributed by atoms with Crippen LogP contribution in [0, 0.1) is 0 Å². The second kappa shape index (κ2) is 2.54. The third kappa shape index (κ3) is 1.12. The topological polar surface area (TPSA) is 33.3 Å². The molecule has 3 nitrogen and oxygen atoms in total. The maximum atomic E-state index is 4.87. The second-order valence-corrected chi connectivity index (χ2v) is 2.20. The Hall–Kier alpha value is -1.64. The summed E-state index contributed by atoms with van der Waals surface area (Å²) in [4.78, 5) is 0. The van der Waals surface area contributed by atoms with Gasteiger partial charge in [-0.3, -0.25) is 0 Å². The smallest absolute Gasteiger partial charge is 0.135 e. The summed E-state index contributed by atoms with van der Waals surface area (Å²) in [6.07, 6.45) is 7.18. The van der Waals surface area contributed by atoms with Gasteiger partial charge < -0.3 is 8.92 Å². The van der Waals surface area contributed by atoms with E-state index in [-0.39, 0.29) is 0 Å². The maximum Gasteiger partial charge on any atom is 0.135 e. The summed E-state index contributed by atoms with van der Waals surface area (Å²) in [7, 11) is 0. The van der Waals surface area contributed by atoms with Crippen molar-refractivity contribution < 1.29 is 4.52 Å². The van der Waals surface area contributed by atoms with Crippen molar-refractivity contribution in [3.8, 4) is 0 Å². The molecule has 0 radical (unpaired) electrons. The Bertz CT molecular complexity index is 346. The van der Waals surface area contributed by atoms with Crippen molar-refractivity contribution >= 4 is 5.52 Å². The van der Waals surface area contributed by atoms with Gasteiger partial charge in [0, 0.05) is 12.4 Å². The van der Waals surface area contributed by atoms with Crippen LogP contribution in [0.25, 0.3) is 5.52 Å². The predicted molar refractivity (Wildman–Crippen MR) is 41.6 cm³/mol. The lowest BCUT2D eigenvalue weighted by Crippen LogP contribution is -1.79. The Balaban J connectivity index is 2.90. The lowest BCUT2D eigenvalue weighted by atomic mass is 10.4. The molecule has 0 aliphatic rings. The van der Waals surface area contributed by atoms with E-state index in [9.17, 15) is 0 Å². The zero-order chi connectivity index (χ0) is 7.52. The van der Waals surface area contributed by atoms with Crippen LogP contribution < -0.4 is 0 Å². The molecule has 0 amide bonds. The average molecular weight is 148 g/mol. The highest BCUT2D eigenvalue weighted by molar-refractivity contribution is 5.42. The fourth-order valence-corrected chi connectivity index (χ4v) is 0.957. The Morgan fingerprint density at radius 2 is 2.27 bits per heavy atom. The first-order chi connectivity index (χ1) is 5.47. The lowest BCUT2D eigenvalue weighted by Gasteiger charge is -1.91. The molecular formula is C8H8N2O. The van der Waals surface area contributed by atoms with Crippen molar-refractivity contribution in [3.05, 3.63) is 43.1 Å². The van der Waals surface area contributed by atoms with E-state index in [0.717, 1.165) is 5.52 Å². The van der Waals surface area contributed by atoms with E-state index in [4.69, 9.17) is 4.52 Å². The van der Waals surface area contributed by atoms with Gasteiger partial charge in [0.2, 0.25) is 0 Å². The highest BCUT2D eigenvalue weighted by Gasteiger charge is 1.82. The SMILES string of the molecule is c1ccn2cco[nH]cc2c1. The summed E-state index contributed by atoms with van der Waals surface area (Å²) in [5, 5.41) is 2.67. The van der Waals surface area contributed by atoms with Crippen LogP contribution in [-0.4, -0.2) is 9.56 Å². The first-order valence-electron chi connectivity index (χ1n) is 3.38. The molecule has 0 bridgehead atoms. The van der Waals surface area contributed by atoms with E-state index in [1.54, 1.807) is 12.5 Å². The highest BCUT2D eigenvalue weighted by Crippen LogP contribution is 1.97. The molecular weight excluding hydrogens is 140 g/mol. The number of aromatic amines is 1. The van der Waals surface area contributed by atoms with Crippen LogP contribution in [0.2, 0.25) is 0 Å². The number of nitrogens with one attached hydrogen (secondary N) is 1. The molecule has 0 aromatic carbocycles. The van der Waals surface area contributed by atoms with Gasteiger partial charge in [0.15, 0.2) is 0 Å². The number of fused-ring (bicyclic) bond motifs is 1. The molecule has 1 N–H and O–H groups in total. The van der Waals surface area contributed by atoms with Crippen LogP contribution in [0.1, 0.15) is 0 Å². The predicted octanol–water partition coefficient (Wildman–Crippen LogP) is 1.98. The van der Waals surface area contributed by atoms with Gasteiger partial charge in [-0.2, -0.15) is 0 Å². The molecule has 0 unspecified atom stereocenters. The van der Waals surface area contributed by atoms with E-state index in [1.807, 2.05) is 35.0 Å². The summed E-state index contributed by atoms with van der Waals surface area (Å²) < 4.78 is 6.83. The molecule has 2 rings (SSSR count). The molecule has 2 aromatic rings. The molecule has 2 heterocycles. The third-order valence-corrected chi connectivity index (χ3v) is 1.49. The van der Waals surface area contributed by atoms with Gasteiger partial charge in [-0.1, -0.05) is 6.07 Å². The minimum absolute atomic E-state index is 1.06. The molecule has 0 fully saturated rings. The summed E-state index contributed by atoms with van der Waals surface area (Å²) in [6, 6.07) is 5.93. The molecule has 0 saturated heterocycles.